The predicted octanol–water partition coefficient (Wildman–Crippen LogP) is 2.00. The first kappa shape index (κ1) is 9.65. The predicted molar refractivity (Wildman–Crippen MR) is 51.3 cm³/mol. The van der Waals surface area contributed by atoms with Crippen LogP contribution < -0.4 is 0 Å². The molecule has 1 aliphatic rings. The van der Waals surface area contributed by atoms with Gasteiger partial charge in [-0.3, -0.25) is 0 Å². The first-order valence-electron chi connectivity index (χ1n) is 4.07. The maximum Gasteiger partial charge on any atom is 0.330 e. The van der Waals surface area contributed by atoms with Crippen LogP contribution in [0.25, 0.3) is 0 Å². The van der Waals surface area contributed by atoms with Gasteiger partial charge in [0.25, 0.3) is 0 Å². The number of hydrogen-bond acceptors (Lipinski definition) is 3. The van der Waals surface area contributed by atoms with Gasteiger partial charge in [0.15, 0.2) is 0 Å². The Morgan fingerprint density at radius 2 is 2.42 bits per heavy atom. The molecule has 0 N–H and O–H groups in total. The summed E-state index contributed by atoms with van der Waals surface area (Å²) in [4.78, 5) is 10.8. The Labute approximate surface area is 77.4 Å². The highest BCUT2D eigenvalue weighted by Gasteiger charge is 2.26. The van der Waals surface area contributed by atoms with Crippen LogP contribution in [0.2, 0.25) is 0 Å². The molecular weight excluding hydrogens is 172 g/mol. The molecule has 1 aliphatic heterocycles. The molecular formula is C9H14O2S. The molecule has 1 atom stereocenters. The van der Waals surface area contributed by atoms with Crippen LogP contribution in [0.4, 0.5) is 0 Å². The Balaban J connectivity index is 2.48. The first-order chi connectivity index (χ1) is 5.66. The van der Waals surface area contributed by atoms with Crippen molar-refractivity contribution >= 4 is 17.7 Å². The van der Waals surface area contributed by atoms with Crippen LogP contribution >= 0.6 is 11.8 Å². The van der Waals surface area contributed by atoms with Crippen molar-refractivity contribution in [3.8, 4) is 0 Å². The van der Waals surface area contributed by atoms with Crippen LogP contribution in [-0.4, -0.2) is 23.6 Å². The van der Waals surface area contributed by atoms with E-state index in [1.54, 1.807) is 0 Å². The second kappa shape index (κ2) is 3.99. The van der Waals surface area contributed by atoms with E-state index in [0.29, 0.717) is 0 Å². The highest BCUT2D eigenvalue weighted by atomic mass is 32.2. The minimum Gasteiger partial charge on any atom is -0.466 e. The van der Waals surface area contributed by atoms with Crippen LogP contribution in [0.3, 0.4) is 0 Å². The lowest BCUT2D eigenvalue weighted by Gasteiger charge is -2.16. The van der Waals surface area contributed by atoms with Crippen LogP contribution in [0.5, 0.6) is 0 Å². The fraction of sp³-hybridized carbons (Fsp3) is 0.667. The normalized spacial score (nSPS) is 29.5. The van der Waals surface area contributed by atoms with Gasteiger partial charge in [-0.2, -0.15) is 11.8 Å². The quantitative estimate of drug-likeness (QED) is 0.487. The molecule has 1 unspecified atom stereocenters. The summed E-state index contributed by atoms with van der Waals surface area (Å²) in [6, 6.07) is 0. The molecule has 0 aromatic heterocycles. The fourth-order valence-corrected chi connectivity index (χ4v) is 2.45. The van der Waals surface area contributed by atoms with Crippen LogP contribution in [0.15, 0.2) is 12.2 Å². The molecule has 12 heavy (non-hydrogen) atoms. The van der Waals surface area contributed by atoms with Crippen molar-refractivity contribution in [3.05, 3.63) is 12.2 Å². The van der Waals surface area contributed by atoms with E-state index >= 15 is 0 Å². The van der Waals surface area contributed by atoms with E-state index in [1.807, 2.05) is 17.8 Å². The maximum atomic E-state index is 10.8. The van der Waals surface area contributed by atoms with E-state index in [1.165, 1.54) is 25.4 Å². The molecule has 0 radical (unpaired) electrons. The van der Waals surface area contributed by atoms with Crippen LogP contribution in [-0.2, 0) is 9.53 Å². The number of thioether (sulfide) groups is 1. The Morgan fingerprint density at radius 3 is 2.92 bits per heavy atom. The summed E-state index contributed by atoms with van der Waals surface area (Å²) < 4.78 is 4.68. The van der Waals surface area contributed by atoms with E-state index in [9.17, 15) is 4.79 Å². The van der Waals surface area contributed by atoms with Gasteiger partial charge in [0.2, 0.25) is 0 Å². The zero-order chi connectivity index (χ0) is 9.03. The second-order valence-corrected chi connectivity index (χ2v) is 4.75. The Kier molecular flexibility index (Phi) is 3.20. The summed E-state index contributed by atoms with van der Waals surface area (Å²) in [5.41, 5.74) is 0. The fourth-order valence-electron chi connectivity index (χ4n) is 1.24. The van der Waals surface area contributed by atoms with Crippen molar-refractivity contribution in [1.82, 2.24) is 0 Å². The van der Waals surface area contributed by atoms with Crippen LogP contribution in [0, 0.1) is 0 Å². The van der Waals surface area contributed by atoms with Gasteiger partial charge in [0.1, 0.15) is 0 Å². The molecule has 0 amide bonds. The number of rotatable bonds is 2. The third-order valence-electron chi connectivity index (χ3n) is 2.02. The Hall–Kier alpha value is -0.440. The summed E-state index contributed by atoms with van der Waals surface area (Å²) >= 11 is 1.90. The minimum absolute atomic E-state index is 0.161. The molecule has 0 saturated carbocycles. The topological polar surface area (TPSA) is 26.3 Å². The van der Waals surface area contributed by atoms with Gasteiger partial charge in [-0.25, -0.2) is 4.79 Å². The molecule has 0 spiro atoms. The van der Waals surface area contributed by atoms with Crippen molar-refractivity contribution in [2.24, 2.45) is 0 Å². The zero-order valence-corrected chi connectivity index (χ0v) is 8.32. The summed E-state index contributed by atoms with van der Waals surface area (Å²) in [5, 5.41) is 0. The van der Waals surface area contributed by atoms with Crippen molar-refractivity contribution < 1.29 is 9.53 Å². The monoisotopic (exact) mass is 186 g/mol. The van der Waals surface area contributed by atoms with Gasteiger partial charge < -0.3 is 4.74 Å². The molecule has 0 aromatic carbocycles. The molecule has 2 nitrogen and oxygen atoms in total. The van der Waals surface area contributed by atoms with Gasteiger partial charge >= 0.3 is 5.97 Å². The van der Waals surface area contributed by atoms with Gasteiger partial charge in [-0.15, -0.1) is 0 Å². The minimum atomic E-state index is -0.260. The highest BCUT2D eigenvalue weighted by molar-refractivity contribution is 8.01. The van der Waals surface area contributed by atoms with E-state index in [-0.39, 0.29) is 10.7 Å². The van der Waals surface area contributed by atoms with Crippen molar-refractivity contribution in [3.63, 3.8) is 0 Å². The largest absolute Gasteiger partial charge is 0.466 e. The summed E-state index contributed by atoms with van der Waals surface area (Å²) in [7, 11) is 1.40. The lowest BCUT2D eigenvalue weighted by molar-refractivity contribution is -0.134. The lowest BCUT2D eigenvalue weighted by atomic mass is 10.1. The first-order valence-corrected chi connectivity index (χ1v) is 5.06. The maximum absolute atomic E-state index is 10.8. The number of methoxy groups -OCH3 is 1. The highest BCUT2D eigenvalue weighted by Crippen LogP contribution is 2.38. The summed E-state index contributed by atoms with van der Waals surface area (Å²) in [6.07, 6.45) is 5.88. The van der Waals surface area contributed by atoms with E-state index in [2.05, 4.69) is 11.7 Å². The number of ether oxygens (including phenoxy) is 1. The van der Waals surface area contributed by atoms with Crippen molar-refractivity contribution in [1.29, 1.82) is 0 Å². The zero-order valence-electron chi connectivity index (χ0n) is 7.50. The standard InChI is InChI=1S/C9H14O2S/c1-9(5-3-7-12-9)6-4-8(10)11-2/h4,6H,3,5,7H2,1-2H3/b6-4+. The SMILES string of the molecule is COC(=O)/C=C/C1(C)CCCS1. The molecule has 68 valence electrons. The van der Waals surface area contributed by atoms with Gasteiger partial charge in [0.05, 0.1) is 7.11 Å². The third kappa shape index (κ3) is 2.55. The smallest absolute Gasteiger partial charge is 0.330 e. The summed E-state index contributed by atoms with van der Waals surface area (Å²) in [5.74, 6) is 0.936. The van der Waals surface area contributed by atoms with Crippen molar-refractivity contribution in [2.45, 2.75) is 24.5 Å². The molecule has 1 rings (SSSR count). The number of carbonyl (C=O) groups is 1. The van der Waals surface area contributed by atoms with E-state index < -0.39 is 0 Å². The molecule has 0 bridgehead atoms. The molecule has 1 fully saturated rings. The average Bonchev–Trinajstić information content (AvgIpc) is 2.49. The van der Waals surface area contributed by atoms with Crippen LogP contribution in [0.1, 0.15) is 19.8 Å². The molecule has 0 aliphatic carbocycles. The Morgan fingerprint density at radius 1 is 1.67 bits per heavy atom. The number of esters is 1. The average molecular weight is 186 g/mol. The molecule has 1 saturated heterocycles. The molecule has 3 heteroatoms. The number of hydrogen-bond donors (Lipinski definition) is 0. The second-order valence-electron chi connectivity index (χ2n) is 3.12. The van der Waals surface area contributed by atoms with Crippen molar-refractivity contribution in [2.75, 3.05) is 12.9 Å². The van der Waals surface area contributed by atoms with E-state index in [4.69, 9.17) is 0 Å². The lowest BCUT2D eigenvalue weighted by Crippen LogP contribution is -2.11. The van der Waals surface area contributed by atoms with Gasteiger partial charge in [-0.1, -0.05) is 6.08 Å². The van der Waals surface area contributed by atoms with Gasteiger partial charge in [-0.05, 0) is 25.5 Å². The molecule has 1 heterocycles. The molecule has 0 aromatic rings. The number of carbonyl (C=O) groups excluding carboxylic acids is 1. The summed E-state index contributed by atoms with van der Waals surface area (Å²) in [6.45, 7) is 2.16. The van der Waals surface area contributed by atoms with Gasteiger partial charge in [0, 0.05) is 10.8 Å². The Bertz CT molecular complexity index is 193. The van der Waals surface area contributed by atoms with E-state index in [0.717, 1.165) is 6.42 Å². The third-order valence-corrected chi connectivity index (χ3v) is 3.51.